The molecule has 22 heavy (non-hydrogen) atoms. The Balaban J connectivity index is 1.35. The van der Waals surface area contributed by atoms with Crippen molar-refractivity contribution in [2.24, 2.45) is 5.92 Å². The monoisotopic (exact) mass is 305 g/mol. The van der Waals surface area contributed by atoms with Gasteiger partial charge in [0.2, 0.25) is 0 Å². The highest BCUT2D eigenvalue weighted by Crippen LogP contribution is 2.47. The molecule has 1 aromatic heterocycles. The first-order chi connectivity index (χ1) is 10.6. The van der Waals surface area contributed by atoms with E-state index in [1.165, 1.54) is 44.7 Å². The summed E-state index contributed by atoms with van der Waals surface area (Å²) >= 11 is 0. The summed E-state index contributed by atoms with van der Waals surface area (Å²) in [5.41, 5.74) is 0. The van der Waals surface area contributed by atoms with E-state index in [9.17, 15) is 0 Å². The molecule has 1 saturated carbocycles. The van der Waals surface area contributed by atoms with Gasteiger partial charge in [-0.05, 0) is 64.5 Å². The molecule has 4 heteroatoms. The molecule has 0 amide bonds. The van der Waals surface area contributed by atoms with Gasteiger partial charge in [-0.25, -0.2) is 0 Å². The topological polar surface area (TPSA) is 31.6 Å². The van der Waals surface area contributed by atoms with Gasteiger partial charge >= 0.3 is 0 Å². The first-order valence-electron chi connectivity index (χ1n) is 8.81. The number of hydrogen-bond acceptors (Lipinski definition) is 4. The molecular weight excluding hydrogens is 274 g/mol. The lowest BCUT2D eigenvalue weighted by Gasteiger charge is -2.32. The molecule has 1 aliphatic heterocycles. The predicted molar refractivity (Wildman–Crippen MR) is 90.1 cm³/mol. The number of likely N-dealkylation sites (tertiary alicyclic amines) is 1. The van der Waals surface area contributed by atoms with Crippen molar-refractivity contribution in [1.29, 1.82) is 0 Å². The highest BCUT2D eigenvalue weighted by molar-refractivity contribution is 5.17. The Labute approximate surface area is 134 Å². The van der Waals surface area contributed by atoms with Gasteiger partial charge in [-0.2, -0.15) is 0 Å². The Hall–Kier alpha value is -0.840. The molecule has 0 bridgehead atoms. The molecule has 4 nitrogen and oxygen atoms in total. The van der Waals surface area contributed by atoms with Crippen molar-refractivity contribution in [2.75, 3.05) is 40.3 Å². The molecule has 1 saturated heterocycles. The average molecular weight is 305 g/mol. The summed E-state index contributed by atoms with van der Waals surface area (Å²) in [6, 6.07) is 4.97. The minimum absolute atomic E-state index is 0.643. The first-order valence-corrected chi connectivity index (χ1v) is 8.81. The molecule has 2 fully saturated rings. The fourth-order valence-corrected chi connectivity index (χ4v) is 3.35. The van der Waals surface area contributed by atoms with Gasteiger partial charge in [0, 0.05) is 25.0 Å². The first kappa shape index (κ1) is 16.0. The van der Waals surface area contributed by atoms with Gasteiger partial charge in [0.25, 0.3) is 0 Å². The summed E-state index contributed by atoms with van der Waals surface area (Å²) in [4.78, 5) is 4.84. The molecule has 3 rings (SSSR count). The zero-order valence-electron chi connectivity index (χ0n) is 14.3. The van der Waals surface area contributed by atoms with Gasteiger partial charge in [-0.3, -0.25) is 0 Å². The van der Waals surface area contributed by atoms with E-state index in [-0.39, 0.29) is 0 Å². The van der Waals surface area contributed by atoms with E-state index in [0.717, 1.165) is 24.8 Å². The van der Waals surface area contributed by atoms with Crippen LogP contribution in [0.2, 0.25) is 0 Å². The minimum Gasteiger partial charge on any atom is -0.464 e. The molecule has 1 aliphatic carbocycles. The van der Waals surface area contributed by atoms with Crippen LogP contribution in [0.25, 0.3) is 0 Å². The summed E-state index contributed by atoms with van der Waals surface area (Å²) in [6.07, 6.45) is 3.80. The van der Waals surface area contributed by atoms with Crippen LogP contribution in [-0.2, 0) is 6.54 Å². The molecule has 2 unspecified atom stereocenters. The summed E-state index contributed by atoms with van der Waals surface area (Å²) in [6.45, 7) is 7.97. The summed E-state index contributed by atoms with van der Waals surface area (Å²) in [7, 11) is 4.29. The van der Waals surface area contributed by atoms with Crippen LogP contribution in [0.15, 0.2) is 16.5 Å². The third kappa shape index (κ3) is 4.34. The van der Waals surface area contributed by atoms with Crippen LogP contribution in [0, 0.1) is 5.92 Å². The molecule has 0 spiro atoms. The maximum Gasteiger partial charge on any atom is 0.117 e. The Bertz CT molecular complexity index is 463. The Morgan fingerprint density at radius 2 is 2.00 bits per heavy atom. The number of likely N-dealkylation sites (N-methyl/N-ethyl adjacent to an activating group) is 1. The van der Waals surface area contributed by atoms with Crippen molar-refractivity contribution in [1.82, 2.24) is 15.1 Å². The lowest BCUT2D eigenvalue weighted by Crippen LogP contribution is -2.44. The number of nitrogens with zero attached hydrogens (tertiary/aromatic N) is 2. The van der Waals surface area contributed by atoms with E-state index < -0.39 is 0 Å². The molecule has 1 aromatic rings. The molecule has 2 aliphatic rings. The van der Waals surface area contributed by atoms with Gasteiger partial charge in [0.15, 0.2) is 0 Å². The van der Waals surface area contributed by atoms with Gasteiger partial charge in [-0.1, -0.05) is 6.92 Å². The van der Waals surface area contributed by atoms with Crippen molar-refractivity contribution in [2.45, 2.75) is 44.7 Å². The third-order valence-corrected chi connectivity index (χ3v) is 5.17. The molecule has 0 aromatic carbocycles. The van der Waals surface area contributed by atoms with Gasteiger partial charge < -0.3 is 19.5 Å². The van der Waals surface area contributed by atoms with Crippen molar-refractivity contribution < 1.29 is 4.42 Å². The van der Waals surface area contributed by atoms with Crippen LogP contribution in [0.3, 0.4) is 0 Å². The Morgan fingerprint density at radius 1 is 1.27 bits per heavy atom. The summed E-state index contributed by atoms with van der Waals surface area (Å²) in [5, 5.41) is 3.68. The number of hydrogen-bond donors (Lipinski definition) is 1. The zero-order chi connectivity index (χ0) is 15.5. The van der Waals surface area contributed by atoms with Crippen molar-refractivity contribution in [3.63, 3.8) is 0 Å². The van der Waals surface area contributed by atoms with E-state index in [0.29, 0.717) is 12.0 Å². The smallest absolute Gasteiger partial charge is 0.117 e. The molecule has 2 heterocycles. The number of rotatable bonds is 7. The average Bonchev–Trinajstić information content (AvgIpc) is 3.06. The minimum atomic E-state index is 0.643. The second-order valence-electron chi connectivity index (χ2n) is 7.42. The SMILES string of the molecule is CC1CC1c1ccc(CNC2CCN(CCN(C)C)CC2)o1. The molecular formula is C18H31N3O. The summed E-state index contributed by atoms with van der Waals surface area (Å²) < 4.78 is 5.98. The van der Waals surface area contributed by atoms with E-state index in [2.05, 4.69) is 48.3 Å². The lowest BCUT2D eigenvalue weighted by atomic mass is 10.1. The van der Waals surface area contributed by atoms with Crippen molar-refractivity contribution >= 4 is 0 Å². The van der Waals surface area contributed by atoms with E-state index >= 15 is 0 Å². The standard InChI is InChI=1S/C18H31N3O/c1-14-12-17(14)18-5-4-16(22-18)13-19-15-6-8-21(9-7-15)11-10-20(2)3/h4-5,14-15,17,19H,6-13H2,1-3H3. The van der Waals surface area contributed by atoms with Gasteiger partial charge in [-0.15, -0.1) is 0 Å². The zero-order valence-corrected chi connectivity index (χ0v) is 14.3. The van der Waals surface area contributed by atoms with Crippen LogP contribution in [0.1, 0.15) is 43.6 Å². The summed E-state index contributed by atoms with van der Waals surface area (Å²) in [5.74, 6) is 3.80. The second kappa shape index (κ2) is 7.16. The number of piperidine rings is 1. The van der Waals surface area contributed by atoms with E-state index in [1.54, 1.807) is 0 Å². The van der Waals surface area contributed by atoms with Crippen LogP contribution >= 0.6 is 0 Å². The van der Waals surface area contributed by atoms with Crippen LogP contribution in [-0.4, -0.2) is 56.1 Å². The van der Waals surface area contributed by atoms with Gasteiger partial charge in [0.05, 0.1) is 6.54 Å². The molecule has 1 N–H and O–H groups in total. The number of furan rings is 1. The van der Waals surface area contributed by atoms with E-state index in [1.807, 2.05) is 0 Å². The predicted octanol–water partition coefficient (Wildman–Crippen LogP) is 2.52. The lowest BCUT2D eigenvalue weighted by molar-refractivity contribution is 0.180. The quantitative estimate of drug-likeness (QED) is 0.839. The maximum absolute atomic E-state index is 5.98. The highest BCUT2D eigenvalue weighted by atomic mass is 16.3. The van der Waals surface area contributed by atoms with Crippen molar-refractivity contribution in [3.8, 4) is 0 Å². The molecule has 2 atom stereocenters. The Kier molecular flexibility index (Phi) is 5.21. The normalized spacial score (nSPS) is 26.7. The highest BCUT2D eigenvalue weighted by Gasteiger charge is 2.36. The van der Waals surface area contributed by atoms with E-state index in [4.69, 9.17) is 4.42 Å². The van der Waals surface area contributed by atoms with Crippen LogP contribution in [0.4, 0.5) is 0 Å². The molecule has 0 radical (unpaired) electrons. The fourth-order valence-electron chi connectivity index (χ4n) is 3.35. The fraction of sp³-hybridized carbons (Fsp3) is 0.778. The largest absolute Gasteiger partial charge is 0.464 e. The second-order valence-corrected chi connectivity index (χ2v) is 7.42. The van der Waals surface area contributed by atoms with Gasteiger partial charge in [0.1, 0.15) is 11.5 Å². The number of nitrogens with one attached hydrogen (secondary N) is 1. The Morgan fingerprint density at radius 3 is 2.64 bits per heavy atom. The third-order valence-electron chi connectivity index (χ3n) is 5.17. The van der Waals surface area contributed by atoms with Crippen LogP contribution in [0.5, 0.6) is 0 Å². The maximum atomic E-state index is 5.98. The van der Waals surface area contributed by atoms with Crippen LogP contribution < -0.4 is 5.32 Å². The van der Waals surface area contributed by atoms with Crippen molar-refractivity contribution in [3.05, 3.63) is 23.7 Å². The molecule has 124 valence electrons.